The van der Waals surface area contributed by atoms with Crippen LogP contribution in [0.3, 0.4) is 0 Å². The fraction of sp³-hybridized carbons (Fsp3) is 0.235. The molecule has 3 nitrogen and oxygen atoms in total. The third-order valence-corrected chi connectivity index (χ3v) is 3.62. The van der Waals surface area contributed by atoms with Gasteiger partial charge in [-0.2, -0.15) is 13.2 Å². The number of alkyl halides is 3. The van der Waals surface area contributed by atoms with E-state index >= 15 is 0 Å². The molecule has 120 valence electrons. The molecule has 0 amide bonds. The Morgan fingerprint density at radius 2 is 1.96 bits per heavy atom. The van der Waals surface area contributed by atoms with Gasteiger partial charge in [0.1, 0.15) is 5.75 Å². The molecule has 1 aliphatic rings. The van der Waals surface area contributed by atoms with Crippen LogP contribution in [0.25, 0.3) is 6.08 Å². The molecule has 0 radical (unpaired) electrons. The van der Waals surface area contributed by atoms with Crippen molar-refractivity contribution in [2.75, 3.05) is 5.32 Å². The molecule has 0 saturated heterocycles. The summed E-state index contributed by atoms with van der Waals surface area (Å²) in [5.41, 5.74) is 2.56. The Kier molecular flexibility index (Phi) is 3.75. The lowest BCUT2D eigenvalue weighted by Gasteiger charge is -2.18. The van der Waals surface area contributed by atoms with Crippen LogP contribution in [0, 0.1) is 6.92 Å². The number of halogens is 3. The second-order valence-electron chi connectivity index (χ2n) is 5.50. The number of hydrogen-bond acceptors (Lipinski definition) is 3. The minimum atomic E-state index is -4.51. The molecule has 2 N–H and O–H groups in total. The summed E-state index contributed by atoms with van der Waals surface area (Å²) in [5.74, 6) is -0.433. The van der Waals surface area contributed by atoms with Crippen LogP contribution in [0.15, 0.2) is 30.3 Å². The minimum Gasteiger partial charge on any atom is -0.508 e. The van der Waals surface area contributed by atoms with Crippen molar-refractivity contribution in [1.82, 2.24) is 4.98 Å². The number of aromatic nitrogens is 1. The smallest absolute Gasteiger partial charge is 0.416 e. The molecule has 23 heavy (non-hydrogen) atoms. The first-order valence-electron chi connectivity index (χ1n) is 7.18. The van der Waals surface area contributed by atoms with Crippen molar-refractivity contribution in [2.24, 2.45) is 0 Å². The number of aryl methyl sites for hydroxylation is 2. The van der Waals surface area contributed by atoms with E-state index < -0.39 is 17.5 Å². The Hall–Kier alpha value is -2.50. The molecule has 0 aliphatic heterocycles. The lowest BCUT2D eigenvalue weighted by atomic mass is 10.0. The van der Waals surface area contributed by atoms with Crippen molar-refractivity contribution < 1.29 is 18.3 Å². The van der Waals surface area contributed by atoms with Gasteiger partial charge in [0.05, 0.1) is 11.3 Å². The lowest BCUT2D eigenvalue weighted by Crippen LogP contribution is -2.07. The van der Waals surface area contributed by atoms with Gasteiger partial charge >= 0.3 is 6.18 Å². The predicted octanol–water partition coefficient (Wildman–Crippen LogP) is 4.82. The molecule has 1 aromatic heterocycles. The highest BCUT2D eigenvalue weighted by molar-refractivity contribution is 5.75. The largest absolute Gasteiger partial charge is 0.508 e. The quantitative estimate of drug-likeness (QED) is 0.834. The molecule has 1 heterocycles. The summed E-state index contributed by atoms with van der Waals surface area (Å²) in [4.78, 5) is 4.47. The van der Waals surface area contributed by atoms with Gasteiger partial charge < -0.3 is 10.4 Å². The fourth-order valence-electron chi connectivity index (χ4n) is 2.65. The average molecular weight is 320 g/mol. The summed E-state index contributed by atoms with van der Waals surface area (Å²) >= 11 is 0. The lowest BCUT2D eigenvalue weighted by molar-refractivity contribution is -0.137. The molecular weight excluding hydrogens is 305 g/mol. The van der Waals surface area contributed by atoms with Gasteiger partial charge in [-0.25, -0.2) is 0 Å². The molecule has 0 unspecified atom stereocenters. The van der Waals surface area contributed by atoms with Gasteiger partial charge in [0.2, 0.25) is 0 Å². The van der Waals surface area contributed by atoms with Crippen LogP contribution in [0.4, 0.5) is 24.5 Å². The van der Waals surface area contributed by atoms with Crippen molar-refractivity contribution in [3.05, 3.63) is 52.9 Å². The van der Waals surface area contributed by atoms with Gasteiger partial charge in [-0.1, -0.05) is 12.2 Å². The van der Waals surface area contributed by atoms with Crippen LogP contribution in [0.5, 0.6) is 5.75 Å². The number of aromatic hydroxyl groups is 1. The zero-order valence-electron chi connectivity index (χ0n) is 12.4. The Bertz CT molecular complexity index is 782. The topological polar surface area (TPSA) is 45.1 Å². The van der Waals surface area contributed by atoms with E-state index in [1.807, 2.05) is 19.1 Å². The number of anilines is 2. The summed E-state index contributed by atoms with van der Waals surface area (Å²) in [5, 5.41) is 12.5. The summed E-state index contributed by atoms with van der Waals surface area (Å²) in [6, 6.07) is 4.74. The van der Waals surface area contributed by atoms with E-state index in [4.69, 9.17) is 0 Å². The zero-order chi connectivity index (χ0) is 16.6. The summed E-state index contributed by atoms with van der Waals surface area (Å²) in [7, 11) is 0. The molecule has 0 bridgehead atoms. The second kappa shape index (κ2) is 5.61. The predicted molar refractivity (Wildman–Crippen MR) is 82.7 cm³/mol. The van der Waals surface area contributed by atoms with Crippen molar-refractivity contribution in [3.8, 4) is 5.75 Å². The molecule has 3 rings (SSSR count). The van der Waals surface area contributed by atoms with E-state index in [1.54, 1.807) is 6.07 Å². The van der Waals surface area contributed by atoms with Crippen LogP contribution in [0.2, 0.25) is 0 Å². The maximum Gasteiger partial charge on any atom is 0.416 e. The highest BCUT2D eigenvalue weighted by Crippen LogP contribution is 2.35. The molecule has 2 aromatic rings. The highest BCUT2D eigenvalue weighted by Gasteiger charge is 2.31. The van der Waals surface area contributed by atoms with Crippen molar-refractivity contribution in [3.63, 3.8) is 0 Å². The first kappa shape index (κ1) is 15.4. The molecule has 0 saturated carbocycles. The number of nitrogens with zero attached hydrogens (tertiary/aromatic N) is 1. The molecule has 0 atom stereocenters. The first-order valence-corrected chi connectivity index (χ1v) is 7.18. The Balaban J connectivity index is 2.02. The Labute approximate surface area is 131 Å². The average Bonchev–Trinajstić information content (AvgIpc) is 2.45. The maximum absolute atomic E-state index is 12.9. The van der Waals surface area contributed by atoms with E-state index in [-0.39, 0.29) is 5.69 Å². The number of fused-ring (bicyclic) bond motifs is 1. The number of phenols is 1. The van der Waals surface area contributed by atoms with Gasteiger partial charge in [0.25, 0.3) is 0 Å². The number of benzene rings is 1. The van der Waals surface area contributed by atoms with E-state index in [9.17, 15) is 18.3 Å². The second-order valence-corrected chi connectivity index (χ2v) is 5.50. The number of rotatable bonds is 2. The summed E-state index contributed by atoms with van der Waals surface area (Å²) < 4.78 is 38.6. The van der Waals surface area contributed by atoms with Gasteiger partial charge in [-0.15, -0.1) is 0 Å². The van der Waals surface area contributed by atoms with Crippen LogP contribution in [0.1, 0.15) is 28.9 Å². The van der Waals surface area contributed by atoms with Crippen molar-refractivity contribution in [2.45, 2.75) is 25.9 Å². The third-order valence-electron chi connectivity index (χ3n) is 3.62. The van der Waals surface area contributed by atoms with Crippen LogP contribution in [-0.2, 0) is 12.6 Å². The summed E-state index contributed by atoms with van der Waals surface area (Å²) in [6.07, 6.45) is 1.11. The van der Waals surface area contributed by atoms with E-state index in [1.165, 1.54) is 6.07 Å². The third kappa shape index (κ3) is 3.31. The molecule has 0 fully saturated rings. The van der Waals surface area contributed by atoms with Crippen molar-refractivity contribution in [1.29, 1.82) is 0 Å². The number of allylic oxidation sites excluding steroid dienone is 1. The Morgan fingerprint density at radius 1 is 1.17 bits per heavy atom. The van der Waals surface area contributed by atoms with Crippen LogP contribution < -0.4 is 5.32 Å². The number of hydrogen-bond donors (Lipinski definition) is 2. The zero-order valence-corrected chi connectivity index (χ0v) is 12.4. The molecule has 1 aromatic carbocycles. The van der Waals surface area contributed by atoms with Crippen molar-refractivity contribution >= 4 is 17.5 Å². The number of phenolic OH excluding ortho intramolecular Hbond substituents is 1. The van der Waals surface area contributed by atoms with Gasteiger partial charge in [-0.05, 0) is 38.0 Å². The SMILES string of the molecule is Cc1cc(Nc2cc(O)cc(C(F)(F)F)c2)c2c(n1)CCC=C2. The highest BCUT2D eigenvalue weighted by atomic mass is 19.4. The van der Waals surface area contributed by atoms with Crippen LogP contribution in [-0.4, -0.2) is 10.1 Å². The van der Waals surface area contributed by atoms with E-state index in [0.29, 0.717) is 11.8 Å². The molecule has 1 aliphatic carbocycles. The normalized spacial score (nSPS) is 13.7. The maximum atomic E-state index is 12.9. The monoisotopic (exact) mass is 320 g/mol. The van der Waals surface area contributed by atoms with Gasteiger partial charge in [-0.3, -0.25) is 4.98 Å². The minimum absolute atomic E-state index is 0.184. The molecule has 6 heteroatoms. The van der Waals surface area contributed by atoms with Gasteiger partial charge in [0, 0.05) is 28.7 Å². The standard InChI is InChI=1S/C17H15F3N2O/c1-10-6-16(14-4-2-3-5-15(14)21-10)22-12-7-11(17(18,19)20)8-13(23)9-12/h2,4,6-9,23H,3,5H2,1H3,(H,21,22). The van der Waals surface area contributed by atoms with E-state index in [2.05, 4.69) is 10.3 Å². The van der Waals surface area contributed by atoms with Crippen LogP contribution >= 0.6 is 0 Å². The number of pyridine rings is 1. The fourth-order valence-corrected chi connectivity index (χ4v) is 2.65. The van der Waals surface area contributed by atoms with E-state index in [0.717, 1.165) is 35.9 Å². The molecule has 0 spiro atoms. The number of nitrogens with one attached hydrogen (secondary N) is 1. The Morgan fingerprint density at radius 3 is 2.70 bits per heavy atom. The van der Waals surface area contributed by atoms with Gasteiger partial charge in [0.15, 0.2) is 0 Å². The molecular formula is C17H15F3N2O. The summed E-state index contributed by atoms with van der Waals surface area (Å²) in [6.45, 7) is 1.84. The first-order chi connectivity index (χ1) is 10.8.